The first-order valence-electron chi connectivity index (χ1n) is 14.5. The Morgan fingerprint density at radius 3 is 2.38 bits per heavy atom. The fraction of sp³-hybridized carbons (Fsp3) is 0.324. The molecule has 5 rings (SSSR count). The second-order valence-corrected chi connectivity index (χ2v) is 10.9. The van der Waals surface area contributed by atoms with E-state index < -0.39 is 0 Å². The summed E-state index contributed by atoms with van der Waals surface area (Å²) in [6, 6.07) is 24.4. The minimum absolute atomic E-state index is 0.0376. The molecule has 0 N–H and O–H groups in total. The summed E-state index contributed by atoms with van der Waals surface area (Å²) < 4.78 is 12.0. The van der Waals surface area contributed by atoms with E-state index in [0.717, 1.165) is 24.8 Å². The molecule has 0 bridgehead atoms. The molecule has 1 aromatic heterocycles. The minimum Gasteiger partial charge on any atom is -0.491 e. The molecule has 3 aromatic carbocycles. The molecular weight excluding hydrogens is 550 g/mol. The van der Waals surface area contributed by atoms with Gasteiger partial charge in [-0.25, -0.2) is 0 Å². The zero-order valence-corrected chi connectivity index (χ0v) is 24.8. The van der Waals surface area contributed by atoms with Crippen LogP contribution in [0.4, 0.5) is 0 Å². The number of para-hydroxylation sites is 1. The Bertz CT molecular complexity index is 1520. The molecule has 8 heteroatoms. The van der Waals surface area contributed by atoms with Crippen LogP contribution >= 0.6 is 11.6 Å². The summed E-state index contributed by atoms with van der Waals surface area (Å²) in [6.45, 7) is 5.74. The molecule has 0 aliphatic carbocycles. The van der Waals surface area contributed by atoms with Crippen molar-refractivity contribution in [3.8, 4) is 17.0 Å². The average Bonchev–Trinajstić information content (AvgIpc) is 3.40. The Morgan fingerprint density at radius 1 is 0.929 bits per heavy atom. The number of nitrogens with zero attached hydrogens (tertiary/aromatic N) is 3. The summed E-state index contributed by atoms with van der Waals surface area (Å²) >= 11 is 6.53. The number of aryl methyl sites for hydroxylation is 1. The van der Waals surface area contributed by atoms with Crippen molar-refractivity contribution in [1.82, 2.24) is 15.0 Å². The number of benzene rings is 3. The van der Waals surface area contributed by atoms with E-state index in [1.807, 2.05) is 77.4 Å². The fourth-order valence-electron chi connectivity index (χ4n) is 5.49. The summed E-state index contributed by atoms with van der Waals surface area (Å²) in [5.74, 6) is 0.738. The van der Waals surface area contributed by atoms with E-state index in [0.29, 0.717) is 65.0 Å². The van der Waals surface area contributed by atoms with Gasteiger partial charge in [-0.1, -0.05) is 77.4 Å². The van der Waals surface area contributed by atoms with E-state index in [4.69, 9.17) is 20.9 Å². The van der Waals surface area contributed by atoms with Gasteiger partial charge in [-0.15, -0.1) is 0 Å². The highest BCUT2D eigenvalue weighted by Gasteiger charge is 2.32. The number of ether oxygens (including phenoxy) is 1. The number of carbonyl (C=O) groups is 2. The van der Waals surface area contributed by atoms with Gasteiger partial charge in [0.2, 0.25) is 0 Å². The number of hydrogen-bond donors (Lipinski definition) is 0. The summed E-state index contributed by atoms with van der Waals surface area (Å²) in [6.07, 6.45) is 3.07. The highest BCUT2D eigenvalue weighted by Crippen LogP contribution is 2.33. The monoisotopic (exact) mass is 585 g/mol. The number of aromatic nitrogens is 1. The van der Waals surface area contributed by atoms with Crippen LogP contribution in [0, 0.1) is 6.92 Å². The van der Waals surface area contributed by atoms with E-state index in [9.17, 15) is 9.59 Å². The Labute approximate surface area is 252 Å². The second kappa shape index (κ2) is 13.7. The predicted molar refractivity (Wildman–Crippen MR) is 164 cm³/mol. The molecule has 0 fully saturated rings. The maximum atomic E-state index is 14.5. The van der Waals surface area contributed by atoms with Crippen molar-refractivity contribution in [3.63, 3.8) is 0 Å². The normalized spacial score (nSPS) is 16.5. The summed E-state index contributed by atoms with van der Waals surface area (Å²) in [7, 11) is 0. The minimum atomic E-state index is -0.320. The van der Waals surface area contributed by atoms with Gasteiger partial charge in [0.1, 0.15) is 29.4 Å². The summed E-state index contributed by atoms with van der Waals surface area (Å²) in [4.78, 5) is 31.8. The van der Waals surface area contributed by atoms with Crippen LogP contribution < -0.4 is 4.74 Å². The molecule has 1 aliphatic heterocycles. The second-order valence-electron chi connectivity index (χ2n) is 10.5. The fourth-order valence-corrected chi connectivity index (χ4v) is 5.72. The molecule has 2 amide bonds. The number of rotatable bonds is 5. The van der Waals surface area contributed by atoms with Crippen molar-refractivity contribution in [2.75, 3.05) is 26.2 Å². The van der Waals surface area contributed by atoms with Gasteiger partial charge in [0.25, 0.3) is 11.8 Å². The molecule has 0 radical (unpaired) electrons. The van der Waals surface area contributed by atoms with Crippen LogP contribution in [0.15, 0.2) is 83.4 Å². The van der Waals surface area contributed by atoms with Gasteiger partial charge in [0.15, 0.2) is 0 Å². The van der Waals surface area contributed by atoms with Gasteiger partial charge in [-0.05, 0) is 63.3 Å². The Kier molecular flexibility index (Phi) is 9.59. The maximum Gasteiger partial charge on any atom is 0.260 e. The van der Waals surface area contributed by atoms with Crippen molar-refractivity contribution >= 4 is 23.4 Å². The van der Waals surface area contributed by atoms with E-state index >= 15 is 0 Å². The molecule has 1 aliphatic rings. The highest BCUT2D eigenvalue weighted by molar-refractivity contribution is 6.33. The van der Waals surface area contributed by atoms with Gasteiger partial charge in [-0.3, -0.25) is 9.59 Å². The van der Waals surface area contributed by atoms with Crippen LogP contribution in [0.3, 0.4) is 0 Å². The smallest absolute Gasteiger partial charge is 0.260 e. The third kappa shape index (κ3) is 6.52. The summed E-state index contributed by atoms with van der Waals surface area (Å²) in [5, 5.41) is 4.76. The quantitative estimate of drug-likeness (QED) is 0.250. The van der Waals surface area contributed by atoms with Crippen LogP contribution in [0.2, 0.25) is 5.02 Å². The lowest BCUT2D eigenvalue weighted by molar-refractivity contribution is 0.0604. The zero-order valence-electron chi connectivity index (χ0n) is 24.1. The SMILES string of the molecule is CCN1CCCCCN(C(=O)c2c(-c3ccccc3Cl)noc2C)[C@H](Cc2ccccc2)COc2ccccc2C1=O. The van der Waals surface area contributed by atoms with E-state index in [-0.39, 0.29) is 24.5 Å². The van der Waals surface area contributed by atoms with Crippen LogP contribution in [0.1, 0.15) is 58.2 Å². The molecule has 218 valence electrons. The van der Waals surface area contributed by atoms with E-state index in [2.05, 4.69) is 17.3 Å². The lowest BCUT2D eigenvalue weighted by Crippen LogP contribution is -2.46. The molecule has 1 atom stereocenters. The number of amides is 2. The first-order valence-corrected chi connectivity index (χ1v) is 14.9. The Balaban J connectivity index is 1.55. The number of halogens is 1. The van der Waals surface area contributed by atoms with Gasteiger partial charge in [-0.2, -0.15) is 0 Å². The highest BCUT2D eigenvalue weighted by atomic mass is 35.5. The largest absolute Gasteiger partial charge is 0.491 e. The van der Waals surface area contributed by atoms with Gasteiger partial charge >= 0.3 is 0 Å². The summed E-state index contributed by atoms with van der Waals surface area (Å²) in [5.41, 5.74) is 3.10. The van der Waals surface area contributed by atoms with E-state index in [1.54, 1.807) is 13.0 Å². The van der Waals surface area contributed by atoms with Crippen LogP contribution in [-0.2, 0) is 6.42 Å². The number of carbonyl (C=O) groups excluding carboxylic acids is 2. The lowest BCUT2D eigenvalue weighted by Gasteiger charge is -2.32. The first-order chi connectivity index (χ1) is 20.5. The zero-order chi connectivity index (χ0) is 29.5. The molecule has 0 unspecified atom stereocenters. The molecule has 0 saturated carbocycles. The lowest BCUT2D eigenvalue weighted by atomic mass is 10.0. The van der Waals surface area contributed by atoms with E-state index in [1.165, 1.54) is 0 Å². The van der Waals surface area contributed by atoms with Gasteiger partial charge in [0.05, 0.1) is 16.6 Å². The maximum absolute atomic E-state index is 14.5. The Hall–Kier alpha value is -4.10. The molecule has 42 heavy (non-hydrogen) atoms. The molecule has 4 aromatic rings. The predicted octanol–water partition coefficient (Wildman–Crippen LogP) is 7.08. The third-order valence-electron chi connectivity index (χ3n) is 7.77. The van der Waals surface area contributed by atoms with Crippen molar-refractivity contribution in [1.29, 1.82) is 0 Å². The number of fused-ring (bicyclic) bond motifs is 1. The molecule has 7 nitrogen and oxygen atoms in total. The van der Waals surface area contributed by atoms with Crippen molar-refractivity contribution in [2.24, 2.45) is 0 Å². The van der Waals surface area contributed by atoms with Gasteiger partial charge in [0, 0.05) is 25.2 Å². The van der Waals surface area contributed by atoms with Crippen LogP contribution in [-0.4, -0.2) is 59.1 Å². The van der Waals surface area contributed by atoms with Crippen molar-refractivity contribution in [2.45, 2.75) is 45.6 Å². The molecule has 2 heterocycles. The Morgan fingerprint density at radius 2 is 1.62 bits per heavy atom. The topological polar surface area (TPSA) is 75.9 Å². The van der Waals surface area contributed by atoms with Gasteiger partial charge < -0.3 is 19.1 Å². The first kappa shape index (κ1) is 29.4. The average molecular weight is 586 g/mol. The molecule has 0 saturated heterocycles. The molecular formula is C34H36ClN3O4. The third-order valence-corrected chi connectivity index (χ3v) is 8.10. The molecule has 0 spiro atoms. The number of hydrogen-bond acceptors (Lipinski definition) is 5. The van der Waals surface area contributed by atoms with Crippen LogP contribution in [0.25, 0.3) is 11.3 Å². The van der Waals surface area contributed by atoms with Crippen molar-refractivity contribution < 1.29 is 18.8 Å². The van der Waals surface area contributed by atoms with Crippen molar-refractivity contribution in [3.05, 3.63) is 106 Å². The van der Waals surface area contributed by atoms with Crippen LogP contribution in [0.5, 0.6) is 5.75 Å². The standard InChI is InChI=1S/C34H36ClN3O4/c1-3-37-20-12-5-13-21-38(34(40)31-24(2)42-36-32(31)27-16-8-10-18-29(27)35)26(22-25-14-6-4-7-15-25)23-41-30-19-11-9-17-28(30)33(37)39/h4,6-11,14-19,26H,3,5,12-13,20-23H2,1-2H3/t26-/m1/s1.